The topological polar surface area (TPSA) is 116 Å². The molecule has 1 aliphatic heterocycles. The van der Waals surface area contributed by atoms with Crippen molar-refractivity contribution in [2.24, 2.45) is 5.92 Å². The Hall–Kier alpha value is -3.23. The van der Waals surface area contributed by atoms with Crippen molar-refractivity contribution in [3.8, 4) is 0 Å². The third-order valence-electron chi connectivity index (χ3n) is 5.25. The zero-order valence-electron chi connectivity index (χ0n) is 16.4. The molecule has 9 heteroatoms. The summed E-state index contributed by atoms with van der Waals surface area (Å²) < 4.78 is 0. The normalized spacial score (nSPS) is 22.1. The van der Waals surface area contributed by atoms with Crippen LogP contribution in [0.1, 0.15) is 39.5 Å². The average molecular weight is 400 g/mol. The monoisotopic (exact) mass is 400 g/mol. The van der Waals surface area contributed by atoms with Crippen molar-refractivity contribution in [1.82, 2.24) is 9.80 Å². The molecular formula is C20H24N4O5. The standard InChI is InChI=1S/C20H24N4O5/c1-12-6-3-4-9-16(12)24-19(28)18(27)23(20(24)29)11-17(26)22-15-8-5-7-14(10-15)21-13(2)25/h5,7-8,10,12,16H,3-4,6,9,11H2,1-2H3,(H,21,25)(H,22,26)/t12-,16+/m1/s1. The van der Waals surface area contributed by atoms with Crippen molar-refractivity contribution < 1.29 is 24.0 Å². The van der Waals surface area contributed by atoms with Gasteiger partial charge in [-0.15, -0.1) is 0 Å². The van der Waals surface area contributed by atoms with Gasteiger partial charge in [-0.2, -0.15) is 0 Å². The Morgan fingerprint density at radius 2 is 1.69 bits per heavy atom. The van der Waals surface area contributed by atoms with Gasteiger partial charge in [0.05, 0.1) is 0 Å². The van der Waals surface area contributed by atoms with Crippen LogP contribution in [0.2, 0.25) is 0 Å². The van der Waals surface area contributed by atoms with E-state index in [4.69, 9.17) is 0 Å². The Labute approximate surface area is 168 Å². The van der Waals surface area contributed by atoms with Crippen LogP contribution in [0.25, 0.3) is 0 Å². The summed E-state index contributed by atoms with van der Waals surface area (Å²) in [5.41, 5.74) is 0.890. The summed E-state index contributed by atoms with van der Waals surface area (Å²) in [6, 6.07) is 5.41. The first kappa shape index (κ1) is 20.5. The number of imide groups is 2. The van der Waals surface area contributed by atoms with Crippen LogP contribution in [0.3, 0.4) is 0 Å². The zero-order valence-corrected chi connectivity index (χ0v) is 16.4. The Morgan fingerprint density at radius 1 is 1.03 bits per heavy atom. The zero-order chi connectivity index (χ0) is 21.1. The van der Waals surface area contributed by atoms with E-state index in [1.165, 1.54) is 6.92 Å². The Bertz CT molecular complexity index is 868. The molecule has 0 aromatic heterocycles. The number of nitrogens with one attached hydrogen (secondary N) is 2. The number of hydrogen-bond acceptors (Lipinski definition) is 5. The van der Waals surface area contributed by atoms with Crippen LogP contribution in [0.4, 0.5) is 16.2 Å². The summed E-state index contributed by atoms with van der Waals surface area (Å²) in [4.78, 5) is 62.7. The minimum Gasteiger partial charge on any atom is -0.326 e. The molecule has 2 fully saturated rings. The molecular weight excluding hydrogens is 376 g/mol. The predicted molar refractivity (Wildman–Crippen MR) is 105 cm³/mol. The lowest BCUT2D eigenvalue weighted by atomic mass is 9.85. The molecule has 2 aliphatic rings. The minimum atomic E-state index is -0.977. The third-order valence-corrected chi connectivity index (χ3v) is 5.25. The number of amides is 6. The lowest BCUT2D eigenvalue weighted by molar-refractivity contribution is -0.145. The SMILES string of the molecule is CC(=O)Nc1cccc(NC(=O)CN2C(=O)C(=O)N([C@H]3CCCC[C@H]3C)C2=O)c1. The highest BCUT2D eigenvalue weighted by atomic mass is 16.2. The highest BCUT2D eigenvalue weighted by Gasteiger charge is 2.49. The van der Waals surface area contributed by atoms with Crippen LogP contribution in [0, 0.1) is 5.92 Å². The van der Waals surface area contributed by atoms with Crippen molar-refractivity contribution >= 4 is 41.0 Å². The molecule has 3 rings (SSSR count). The summed E-state index contributed by atoms with van der Waals surface area (Å²) in [5.74, 6) is -2.59. The highest BCUT2D eigenvalue weighted by molar-refractivity contribution is 6.45. The highest BCUT2D eigenvalue weighted by Crippen LogP contribution is 2.31. The second-order valence-electron chi connectivity index (χ2n) is 7.49. The first-order valence-corrected chi connectivity index (χ1v) is 9.64. The Balaban J connectivity index is 1.67. The van der Waals surface area contributed by atoms with Gasteiger partial charge in [0.25, 0.3) is 0 Å². The number of urea groups is 1. The van der Waals surface area contributed by atoms with Gasteiger partial charge in [-0.05, 0) is 37.0 Å². The molecule has 0 spiro atoms. The second kappa shape index (κ2) is 8.42. The molecule has 154 valence electrons. The fourth-order valence-corrected chi connectivity index (χ4v) is 3.86. The van der Waals surface area contributed by atoms with E-state index >= 15 is 0 Å². The van der Waals surface area contributed by atoms with E-state index in [-0.39, 0.29) is 17.9 Å². The van der Waals surface area contributed by atoms with Crippen LogP contribution < -0.4 is 10.6 Å². The summed E-state index contributed by atoms with van der Waals surface area (Å²) in [5, 5.41) is 5.17. The minimum absolute atomic E-state index is 0.120. The number of rotatable bonds is 5. The molecule has 1 heterocycles. The molecule has 1 saturated carbocycles. The van der Waals surface area contributed by atoms with Gasteiger partial charge in [-0.25, -0.2) is 9.69 Å². The van der Waals surface area contributed by atoms with Gasteiger partial charge in [0.1, 0.15) is 6.54 Å². The van der Waals surface area contributed by atoms with Gasteiger partial charge >= 0.3 is 17.8 Å². The molecule has 1 saturated heterocycles. The molecule has 1 aliphatic carbocycles. The summed E-state index contributed by atoms with van der Waals surface area (Å²) in [6.45, 7) is 2.78. The van der Waals surface area contributed by atoms with Crippen molar-refractivity contribution in [1.29, 1.82) is 0 Å². The van der Waals surface area contributed by atoms with E-state index in [1.54, 1.807) is 24.3 Å². The number of nitrogens with zero attached hydrogens (tertiary/aromatic N) is 2. The molecule has 29 heavy (non-hydrogen) atoms. The van der Waals surface area contributed by atoms with Gasteiger partial charge in [0.2, 0.25) is 11.8 Å². The summed E-state index contributed by atoms with van der Waals surface area (Å²) >= 11 is 0. The molecule has 9 nitrogen and oxygen atoms in total. The lowest BCUT2D eigenvalue weighted by Gasteiger charge is -2.34. The largest absolute Gasteiger partial charge is 0.334 e. The van der Waals surface area contributed by atoms with E-state index in [1.807, 2.05) is 6.92 Å². The van der Waals surface area contributed by atoms with Gasteiger partial charge in [-0.3, -0.25) is 24.1 Å². The second-order valence-corrected chi connectivity index (χ2v) is 7.49. The van der Waals surface area contributed by atoms with Gasteiger partial charge in [0, 0.05) is 24.3 Å². The van der Waals surface area contributed by atoms with Crippen molar-refractivity contribution in [3.05, 3.63) is 24.3 Å². The molecule has 0 bridgehead atoms. The van der Waals surface area contributed by atoms with E-state index in [0.29, 0.717) is 22.7 Å². The average Bonchev–Trinajstić information content (AvgIpc) is 2.85. The number of benzene rings is 1. The lowest BCUT2D eigenvalue weighted by Crippen LogP contribution is -2.46. The maximum atomic E-state index is 12.7. The molecule has 2 atom stereocenters. The number of carbonyl (C=O) groups is 5. The first-order chi connectivity index (χ1) is 13.8. The van der Waals surface area contributed by atoms with Crippen LogP contribution in [-0.2, 0) is 19.2 Å². The summed E-state index contributed by atoms with van der Waals surface area (Å²) in [6.07, 6.45) is 3.49. The fraction of sp³-hybridized carbons (Fsp3) is 0.450. The van der Waals surface area contributed by atoms with Crippen LogP contribution >= 0.6 is 0 Å². The van der Waals surface area contributed by atoms with Gasteiger partial charge in [0.15, 0.2) is 0 Å². The molecule has 2 N–H and O–H groups in total. The van der Waals surface area contributed by atoms with E-state index in [0.717, 1.165) is 24.2 Å². The van der Waals surface area contributed by atoms with Crippen LogP contribution in [0.5, 0.6) is 0 Å². The summed E-state index contributed by atoms with van der Waals surface area (Å²) in [7, 11) is 0. The van der Waals surface area contributed by atoms with Crippen molar-refractivity contribution in [3.63, 3.8) is 0 Å². The quantitative estimate of drug-likeness (QED) is 0.579. The molecule has 6 amide bonds. The Morgan fingerprint density at radius 3 is 2.34 bits per heavy atom. The van der Waals surface area contributed by atoms with E-state index in [2.05, 4.69) is 10.6 Å². The molecule has 0 unspecified atom stereocenters. The smallest absolute Gasteiger partial charge is 0.326 e. The molecule has 1 aromatic carbocycles. The third kappa shape index (κ3) is 4.44. The Kier molecular flexibility index (Phi) is 5.95. The van der Waals surface area contributed by atoms with E-state index in [9.17, 15) is 24.0 Å². The molecule has 0 radical (unpaired) electrons. The first-order valence-electron chi connectivity index (χ1n) is 9.64. The predicted octanol–water partition coefficient (Wildman–Crippen LogP) is 1.95. The van der Waals surface area contributed by atoms with Crippen molar-refractivity contribution in [2.75, 3.05) is 17.2 Å². The number of anilines is 2. The van der Waals surface area contributed by atoms with E-state index < -0.39 is 30.3 Å². The van der Waals surface area contributed by atoms with Crippen molar-refractivity contribution in [2.45, 2.75) is 45.6 Å². The number of carbonyl (C=O) groups excluding carboxylic acids is 5. The maximum Gasteiger partial charge on any atom is 0.334 e. The van der Waals surface area contributed by atoms with Crippen LogP contribution in [0.15, 0.2) is 24.3 Å². The fourth-order valence-electron chi connectivity index (χ4n) is 3.86. The maximum absolute atomic E-state index is 12.7. The van der Waals surface area contributed by atoms with Crippen LogP contribution in [-0.4, -0.2) is 52.0 Å². The van der Waals surface area contributed by atoms with Gasteiger partial charge < -0.3 is 10.6 Å². The number of hydrogen-bond donors (Lipinski definition) is 2. The van der Waals surface area contributed by atoms with Gasteiger partial charge in [-0.1, -0.05) is 25.8 Å². The molecule has 1 aromatic rings.